The van der Waals surface area contributed by atoms with E-state index in [0.29, 0.717) is 56.6 Å². The van der Waals surface area contributed by atoms with Gasteiger partial charge >= 0.3 is 0 Å². The number of fused-ring (bicyclic) bond motifs is 3. The van der Waals surface area contributed by atoms with Crippen molar-refractivity contribution >= 4 is 33.9 Å². The molecule has 6 rings (SSSR count). The minimum Gasteiger partial charge on any atom is -0.493 e. The molecule has 198 valence electrons. The fourth-order valence-corrected chi connectivity index (χ4v) is 4.66. The number of hydrogen-bond donors (Lipinski definition) is 2. The van der Waals surface area contributed by atoms with Crippen LogP contribution in [0, 0.1) is 0 Å². The summed E-state index contributed by atoms with van der Waals surface area (Å²) >= 11 is 0. The first kappa shape index (κ1) is 24.2. The Morgan fingerprint density at radius 1 is 0.949 bits per heavy atom. The molecule has 39 heavy (non-hydrogen) atoms. The maximum Gasteiger partial charge on any atom is 0.257 e. The molecular formula is C28H25N5O6. The summed E-state index contributed by atoms with van der Waals surface area (Å²) < 4.78 is 29.0. The van der Waals surface area contributed by atoms with Crippen LogP contribution in [-0.2, 0) is 6.54 Å². The van der Waals surface area contributed by atoms with E-state index in [-0.39, 0.29) is 24.7 Å². The Hall–Kier alpha value is -5.19. The van der Waals surface area contributed by atoms with Crippen molar-refractivity contribution in [2.24, 2.45) is 0 Å². The van der Waals surface area contributed by atoms with Crippen LogP contribution in [0.5, 0.6) is 28.7 Å². The maximum atomic E-state index is 13.6. The number of nitrogens with zero attached hydrogens (tertiary/aromatic N) is 3. The zero-order chi connectivity index (χ0) is 27.1. The fraction of sp³-hybridized carbons (Fsp3) is 0.179. The monoisotopic (exact) mass is 527 g/mol. The summed E-state index contributed by atoms with van der Waals surface area (Å²) in [4.78, 5) is 23.2. The predicted octanol–water partition coefficient (Wildman–Crippen LogP) is 3.84. The summed E-state index contributed by atoms with van der Waals surface area (Å²) in [6.45, 7) is 0.418. The van der Waals surface area contributed by atoms with E-state index in [0.717, 1.165) is 5.56 Å². The summed E-state index contributed by atoms with van der Waals surface area (Å²) in [5.41, 5.74) is 10.4. The molecule has 3 aromatic carbocycles. The Kier molecular flexibility index (Phi) is 5.95. The predicted molar refractivity (Wildman–Crippen MR) is 144 cm³/mol. The molecule has 1 aliphatic heterocycles. The van der Waals surface area contributed by atoms with Gasteiger partial charge in [-0.1, -0.05) is 18.2 Å². The molecule has 3 heterocycles. The van der Waals surface area contributed by atoms with Crippen LogP contribution < -0.4 is 34.7 Å². The molecule has 0 aliphatic carbocycles. The average Bonchev–Trinajstić information content (AvgIpc) is 3.54. The number of nitrogens with two attached hydrogens (primary N) is 1. The van der Waals surface area contributed by atoms with Crippen molar-refractivity contribution in [2.45, 2.75) is 6.54 Å². The Balaban J connectivity index is 1.48. The Morgan fingerprint density at radius 2 is 1.64 bits per heavy atom. The van der Waals surface area contributed by atoms with Crippen LogP contribution in [0.25, 0.3) is 27.9 Å². The molecule has 0 atom stereocenters. The van der Waals surface area contributed by atoms with Crippen molar-refractivity contribution < 1.29 is 28.5 Å². The first-order chi connectivity index (χ1) is 19.0. The number of nitrogens with one attached hydrogen (secondary N) is 1. The molecule has 3 N–H and O–H groups in total. The van der Waals surface area contributed by atoms with Crippen molar-refractivity contribution in [3.05, 3.63) is 65.7 Å². The largest absolute Gasteiger partial charge is 0.493 e. The van der Waals surface area contributed by atoms with Gasteiger partial charge in [0.15, 0.2) is 28.6 Å². The number of carbonyl (C=O) groups is 1. The van der Waals surface area contributed by atoms with Gasteiger partial charge in [0.2, 0.25) is 12.5 Å². The highest BCUT2D eigenvalue weighted by atomic mass is 16.7. The maximum absolute atomic E-state index is 13.6. The number of amides is 1. The standard InChI is InChI=1S/C28H25N5O6/c1-35-21-11-16(12-22(36-2)25(21)37-3)33-26(29)23(24-27(33)32-18-7-5-4-6-17(18)31-24)28(34)30-13-15-8-9-19-20(10-15)39-14-38-19/h4-12H,13-14,29H2,1-3H3,(H,30,34). The van der Waals surface area contributed by atoms with Crippen LogP contribution in [0.3, 0.4) is 0 Å². The molecule has 1 aliphatic rings. The molecular weight excluding hydrogens is 502 g/mol. The van der Waals surface area contributed by atoms with Crippen LogP contribution in [0.15, 0.2) is 54.6 Å². The van der Waals surface area contributed by atoms with Crippen LogP contribution >= 0.6 is 0 Å². The van der Waals surface area contributed by atoms with Gasteiger partial charge < -0.3 is 34.7 Å². The van der Waals surface area contributed by atoms with E-state index in [4.69, 9.17) is 39.4 Å². The van der Waals surface area contributed by atoms with E-state index in [1.54, 1.807) is 16.7 Å². The molecule has 11 nitrogen and oxygen atoms in total. The number of para-hydroxylation sites is 2. The third kappa shape index (κ3) is 4.04. The summed E-state index contributed by atoms with van der Waals surface area (Å²) in [6.07, 6.45) is 0. The molecule has 0 spiro atoms. The van der Waals surface area contributed by atoms with Crippen LogP contribution in [0.4, 0.5) is 5.82 Å². The zero-order valence-corrected chi connectivity index (χ0v) is 21.5. The topological polar surface area (TPSA) is 132 Å². The smallest absolute Gasteiger partial charge is 0.257 e. The SMILES string of the molecule is COc1cc(-n2c(N)c(C(=O)NCc3ccc4c(c3)OCO4)c3nc4ccccc4nc32)cc(OC)c1OC. The quantitative estimate of drug-likeness (QED) is 0.324. The lowest BCUT2D eigenvalue weighted by Gasteiger charge is -2.16. The van der Waals surface area contributed by atoms with E-state index in [1.165, 1.54) is 21.3 Å². The Bertz CT molecular complexity index is 1720. The number of anilines is 1. The average molecular weight is 528 g/mol. The van der Waals surface area contributed by atoms with Gasteiger partial charge in [-0.2, -0.15) is 0 Å². The normalized spacial score (nSPS) is 12.1. The zero-order valence-electron chi connectivity index (χ0n) is 21.5. The van der Waals surface area contributed by atoms with Gasteiger partial charge in [0.05, 0.1) is 38.1 Å². The van der Waals surface area contributed by atoms with Gasteiger partial charge in [0.1, 0.15) is 16.9 Å². The number of methoxy groups -OCH3 is 3. The molecule has 0 unspecified atom stereocenters. The van der Waals surface area contributed by atoms with Gasteiger partial charge in [-0.05, 0) is 29.8 Å². The fourth-order valence-electron chi connectivity index (χ4n) is 4.66. The number of benzene rings is 3. The molecule has 2 aromatic heterocycles. The highest BCUT2D eigenvalue weighted by Gasteiger charge is 2.26. The minimum atomic E-state index is -0.397. The summed E-state index contributed by atoms with van der Waals surface area (Å²) in [7, 11) is 4.58. The number of rotatable bonds is 7. The molecule has 0 radical (unpaired) electrons. The van der Waals surface area contributed by atoms with E-state index < -0.39 is 5.91 Å². The van der Waals surface area contributed by atoms with Gasteiger partial charge in [-0.3, -0.25) is 9.36 Å². The van der Waals surface area contributed by atoms with E-state index in [1.807, 2.05) is 42.5 Å². The first-order valence-electron chi connectivity index (χ1n) is 12.1. The number of nitrogen functional groups attached to an aromatic ring is 1. The summed E-state index contributed by atoms with van der Waals surface area (Å²) in [5.74, 6) is 2.36. The lowest BCUT2D eigenvalue weighted by Crippen LogP contribution is -2.24. The number of aromatic nitrogens is 3. The second kappa shape index (κ2) is 9.60. The Morgan fingerprint density at radius 3 is 2.33 bits per heavy atom. The lowest BCUT2D eigenvalue weighted by molar-refractivity contribution is 0.0953. The van der Waals surface area contributed by atoms with Crippen molar-refractivity contribution in [1.82, 2.24) is 19.9 Å². The molecule has 0 fully saturated rings. The molecule has 0 saturated heterocycles. The van der Waals surface area contributed by atoms with Gasteiger partial charge in [-0.15, -0.1) is 0 Å². The van der Waals surface area contributed by atoms with Crippen molar-refractivity contribution in [3.8, 4) is 34.4 Å². The molecule has 1 amide bonds. The summed E-state index contributed by atoms with van der Waals surface area (Å²) in [6, 6.07) is 16.4. The second-order valence-corrected chi connectivity index (χ2v) is 8.73. The van der Waals surface area contributed by atoms with Gasteiger partial charge in [0.25, 0.3) is 5.91 Å². The van der Waals surface area contributed by atoms with E-state index >= 15 is 0 Å². The van der Waals surface area contributed by atoms with Crippen LogP contribution in [-0.4, -0.2) is 48.6 Å². The molecule has 0 saturated carbocycles. The second-order valence-electron chi connectivity index (χ2n) is 8.73. The van der Waals surface area contributed by atoms with E-state index in [2.05, 4.69) is 5.32 Å². The molecule has 0 bridgehead atoms. The van der Waals surface area contributed by atoms with Gasteiger partial charge in [0, 0.05) is 18.7 Å². The highest BCUT2D eigenvalue weighted by molar-refractivity contribution is 6.11. The van der Waals surface area contributed by atoms with Crippen molar-refractivity contribution in [3.63, 3.8) is 0 Å². The lowest BCUT2D eigenvalue weighted by atomic mass is 10.2. The van der Waals surface area contributed by atoms with E-state index in [9.17, 15) is 4.79 Å². The Labute approximate surface area is 223 Å². The van der Waals surface area contributed by atoms with Crippen LogP contribution in [0.1, 0.15) is 15.9 Å². The third-order valence-electron chi connectivity index (χ3n) is 6.52. The van der Waals surface area contributed by atoms with Crippen molar-refractivity contribution in [2.75, 3.05) is 33.9 Å². The number of ether oxygens (including phenoxy) is 5. The molecule has 11 heteroatoms. The highest BCUT2D eigenvalue weighted by Crippen LogP contribution is 2.41. The number of hydrogen-bond acceptors (Lipinski definition) is 9. The first-order valence-corrected chi connectivity index (χ1v) is 12.1. The number of carbonyl (C=O) groups excluding carboxylic acids is 1. The van der Waals surface area contributed by atoms with Crippen LogP contribution in [0.2, 0.25) is 0 Å². The van der Waals surface area contributed by atoms with Gasteiger partial charge in [-0.25, -0.2) is 9.97 Å². The third-order valence-corrected chi connectivity index (χ3v) is 6.52. The van der Waals surface area contributed by atoms with Crippen molar-refractivity contribution in [1.29, 1.82) is 0 Å². The summed E-state index contributed by atoms with van der Waals surface area (Å²) in [5, 5.41) is 2.95. The molecule has 5 aromatic rings. The minimum absolute atomic E-state index is 0.165.